The molecule has 1 rings (SSSR count). The predicted octanol–water partition coefficient (Wildman–Crippen LogP) is 2.62. The largest absolute Gasteiger partial charge is 0.484 e. The van der Waals surface area contributed by atoms with E-state index in [1.807, 2.05) is 0 Å². The van der Waals surface area contributed by atoms with Crippen molar-refractivity contribution in [1.82, 2.24) is 0 Å². The van der Waals surface area contributed by atoms with Gasteiger partial charge in [0.2, 0.25) is 5.60 Å². The molecule has 0 aromatic carbocycles. The van der Waals surface area contributed by atoms with Crippen LogP contribution in [0.25, 0.3) is 0 Å². The Labute approximate surface area is 70.3 Å². The molecular formula is C6H6BrF3O. The second-order valence-electron chi connectivity index (χ2n) is 2.32. The van der Waals surface area contributed by atoms with Crippen LogP contribution in [0.5, 0.6) is 0 Å². The van der Waals surface area contributed by atoms with Crippen LogP contribution < -0.4 is 0 Å². The fraction of sp³-hybridized carbons (Fsp3) is 0.667. The fourth-order valence-corrected chi connectivity index (χ4v) is 1.49. The van der Waals surface area contributed by atoms with Gasteiger partial charge in [0.05, 0.1) is 11.6 Å². The highest BCUT2D eigenvalue weighted by Gasteiger charge is 2.56. The van der Waals surface area contributed by atoms with Gasteiger partial charge in [-0.15, -0.1) is 0 Å². The molecule has 0 saturated heterocycles. The minimum absolute atomic E-state index is 0.109. The van der Waals surface area contributed by atoms with Gasteiger partial charge in [-0.05, 0) is 6.08 Å². The Bertz CT molecular complexity index is 167. The Kier molecular flexibility index (Phi) is 2.18. The molecule has 64 valence electrons. The minimum atomic E-state index is -4.31. The van der Waals surface area contributed by atoms with Gasteiger partial charge in [0.15, 0.2) is 0 Å². The first-order chi connectivity index (χ1) is 5.02. The molecule has 0 aromatic heterocycles. The van der Waals surface area contributed by atoms with Crippen molar-refractivity contribution in [1.29, 1.82) is 0 Å². The molecule has 5 heteroatoms. The Morgan fingerprint density at radius 3 is 2.36 bits per heavy atom. The van der Waals surface area contributed by atoms with E-state index in [-0.39, 0.29) is 11.8 Å². The minimum Gasteiger partial charge on any atom is -0.484 e. The molecule has 1 aliphatic heterocycles. The van der Waals surface area contributed by atoms with Gasteiger partial charge in [-0.3, -0.25) is 0 Å². The van der Waals surface area contributed by atoms with E-state index in [1.165, 1.54) is 6.08 Å². The smallest absolute Gasteiger partial charge is 0.429 e. The van der Waals surface area contributed by atoms with Gasteiger partial charge in [-0.2, -0.15) is 13.2 Å². The van der Waals surface area contributed by atoms with Crippen LogP contribution in [-0.2, 0) is 4.74 Å². The van der Waals surface area contributed by atoms with Crippen LogP contribution in [0.15, 0.2) is 12.3 Å². The quantitative estimate of drug-likeness (QED) is 0.630. The van der Waals surface area contributed by atoms with E-state index in [1.54, 1.807) is 0 Å². The molecule has 0 bridgehead atoms. The van der Waals surface area contributed by atoms with Crippen LogP contribution in [0.3, 0.4) is 0 Å². The Morgan fingerprint density at radius 1 is 1.55 bits per heavy atom. The molecule has 0 saturated carbocycles. The number of hydrogen-bond acceptors (Lipinski definition) is 1. The molecular weight excluding hydrogens is 225 g/mol. The van der Waals surface area contributed by atoms with Crippen molar-refractivity contribution in [3.63, 3.8) is 0 Å². The molecule has 0 aromatic rings. The zero-order valence-corrected chi connectivity index (χ0v) is 7.08. The summed E-state index contributed by atoms with van der Waals surface area (Å²) < 4.78 is 41.2. The predicted molar refractivity (Wildman–Crippen MR) is 37.4 cm³/mol. The lowest BCUT2D eigenvalue weighted by Crippen LogP contribution is -2.46. The van der Waals surface area contributed by atoms with Gasteiger partial charge in [0, 0.05) is 6.42 Å². The highest BCUT2D eigenvalue weighted by molar-refractivity contribution is 9.09. The summed E-state index contributed by atoms with van der Waals surface area (Å²) in [6.45, 7) is 0. The molecule has 1 nitrogen and oxygen atoms in total. The topological polar surface area (TPSA) is 9.23 Å². The van der Waals surface area contributed by atoms with Crippen LogP contribution in [-0.4, -0.2) is 17.1 Å². The lowest BCUT2D eigenvalue weighted by Gasteiger charge is -2.28. The number of rotatable bonds is 1. The molecule has 0 radical (unpaired) electrons. The molecule has 0 amide bonds. The van der Waals surface area contributed by atoms with Crippen molar-refractivity contribution in [2.24, 2.45) is 0 Å². The third kappa shape index (κ3) is 1.38. The van der Waals surface area contributed by atoms with Gasteiger partial charge in [0.25, 0.3) is 0 Å². The van der Waals surface area contributed by atoms with E-state index in [0.717, 1.165) is 6.26 Å². The van der Waals surface area contributed by atoms with Crippen molar-refractivity contribution >= 4 is 15.9 Å². The molecule has 0 spiro atoms. The van der Waals surface area contributed by atoms with Crippen LogP contribution in [0.4, 0.5) is 13.2 Å². The van der Waals surface area contributed by atoms with E-state index in [0.29, 0.717) is 0 Å². The van der Waals surface area contributed by atoms with Crippen molar-refractivity contribution in [3.05, 3.63) is 12.3 Å². The van der Waals surface area contributed by atoms with E-state index >= 15 is 0 Å². The van der Waals surface area contributed by atoms with Gasteiger partial charge in [0.1, 0.15) is 0 Å². The highest BCUT2D eigenvalue weighted by Crippen LogP contribution is 2.40. The third-order valence-corrected chi connectivity index (χ3v) is 2.48. The molecule has 1 atom stereocenters. The number of ether oxygens (including phenoxy) is 1. The summed E-state index contributed by atoms with van der Waals surface area (Å²) in [6, 6.07) is 0. The van der Waals surface area contributed by atoms with Crippen molar-refractivity contribution in [3.8, 4) is 0 Å². The summed E-state index contributed by atoms with van der Waals surface area (Å²) in [5.74, 6) is 0. The van der Waals surface area contributed by atoms with Crippen LogP contribution in [0.1, 0.15) is 6.42 Å². The summed E-state index contributed by atoms with van der Waals surface area (Å²) in [6.07, 6.45) is -1.95. The summed E-state index contributed by atoms with van der Waals surface area (Å²) in [4.78, 5) is 0. The maximum atomic E-state index is 12.2. The van der Waals surface area contributed by atoms with Gasteiger partial charge >= 0.3 is 6.18 Å². The van der Waals surface area contributed by atoms with Crippen molar-refractivity contribution < 1.29 is 17.9 Å². The molecule has 0 fully saturated rings. The Morgan fingerprint density at radius 2 is 2.18 bits per heavy atom. The third-order valence-electron chi connectivity index (χ3n) is 1.57. The SMILES string of the molecule is FC(F)(F)C1(CBr)CC=CO1. The first-order valence-electron chi connectivity index (χ1n) is 2.97. The maximum absolute atomic E-state index is 12.2. The van der Waals surface area contributed by atoms with Gasteiger partial charge in [-0.1, -0.05) is 15.9 Å². The van der Waals surface area contributed by atoms with Crippen LogP contribution >= 0.6 is 15.9 Å². The lowest BCUT2D eigenvalue weighted by atomic mass is 10.0. The lowest BCUT2D eigenvalue weighted by molar-refractivity contribution is -0.244. The molecule has 0 N–H and O–H groups in total. The van der Waals surface area contributed by atoms with Gasteiger partial charge < -0.3 is 4.74 Å². The van der Waals surface area contributed by atoms with Crippen molar-refractivity contribution in [2.45, 2.75) is 18.2 Å². The average Bonchev–Trinajstić information content (AvgIpc) is 2.33. The first-order valence-corrected chi connectivity index (χ1v) is 4.09. The normalized spacial score (nSPS) is 30.5. The second kappa shape index (κ2) is 2.69. The van der Waals surface area contributed by atoms with E-state index in [2.05, 4.69) is 20.7 Å². The number of alkyl halides is 4. The van der Waals surface area contributed by atoms with Gasteiger partial charge in [-0.25, -0.2) is 0 Å². The molecule has 1 heterocycles. The molecule has 11 heavy (non-hydrogen) atoms. The van der Waals surface area contributed by atoms with Crippen molar-refractivity contribution in [2.75, 3.05) is 5.33 Å². The monoisotopic (exact) mass is 230 g/mol. The zero-order valence-electron chi connectivity index (χ0n) is 5.49. The fourth-order valence-electron chi connectivity index (χ4n) is 0.809. The zero-order chi connectivity index (χ0) is 8.54. The molecule has 1 unspecified atom stereocenters. The Hall–Kier alpha value is -0.190. The Balaban J connectivity index is 2.77. The maximum Gasteiger partial charge on any atom is 0.429 e. The van der Waals surface area contributed by atoms with E-state index in [9.17, 15) is 13.2 Å². The molecule has 1 aliphatic rings. The van der Waals surface area contributed by atoms with E-state index < -0.39 is 11.8 Å². The average molecular weight is 231 g/mol. The standard InChI is InChI=1S/C6H6BrF3O/c7-4-5(6(8,9)10)2-1-3-11-5/h1,3H,2,4H2. The summed E-state index contributed by atoms with van der Waals surface area (Å²) in [7, 11) is 0. The second-order valence-corrected chi connectivity index (χ2v) is 2.88. The van der Waals surface area contributed by atoms with Crippen LogP contribution in [0, 0.1) is 0 Å². The van der Waals surface area contributed by atoms with Crippen LogP contribution in [0.2, 0.25) is 0 Å². The summed E-state index contributed by atoms with van der Waals surface area (Å²) >= 11 is 2.78. The number of hydrogen-bond donors (Lipinski definition) is 0. The first kappa shape index (κ1) is 8.90. The molecule has 0 aliphatic carbocycles. The highest BCUT2D eigenvalue weighted by atomic mass is 79.9. The summed E-state index contributed by atoms with van der Waals surface area (Å²) in [5, 5.41) is -0.226. The van der Waals surface area contributed by atoms with E-state index in [4.69, 9.17) is 0 Å². The summed E-state index contributed by atoms with van der Waals surface area (Å²) in [5.41, 5.74) is -2.02. The number of halogens is 4.